The Labute approximate surface area is 217 Å². The number of aliphatic hydroxyl groups excluding tert-OH is 1. The second kappa shape index (κ2) is 8.95. The van der Waals surface area contributed by atoms with Crippen molar-refractivity contribution < 1.29 is 19.3 Å². The van der Waals surface area contributed by atoms with E-state index in [9.17, 15) is 14.7 Å². The predicted octanol–water partition coefficient (Wildman–Crippen LogP) is 2.84. The minimum atomic E-state index is -1.00. The summed E-state index contributed by atoms with van der Waals surface area (Å²) in [5.74, 6) is -0.941. The van der Waals surface area contributed by atoms with E-state index < -0.39 is 41.6 Å². The molecule has 4 atom stereocenters. The first-order valence-corrected chi connectivity index (χ1v) is 12.5. The summed E-state index contributed by atoms with van der Waals surface area (Å²) in [7, 11) is 0. The van der Waals surface area contributed by atoms with E-state index in [0.29, 0.717) is 11.4 Å². The normalized spacial score (nSPS) is 24.1. The third-order valence-corrected chi connectivity index (χ3v) is 6.97. The summed E-state index contributed by atoms with van der Waals surface area (Å²) >= 11 is 0. The minimum absolute atomic E-state index is 0.0122. The van der Waals surface area contributed by atoms with Crippen molar-refractivity contribution in [2.75, 3.05) is 6.61 Å². The second-order valence-electron chi connectivity index (χ2n) is 10.3. The van der Waals surface area contributed by atoms with Gasteiger partial charge in [-0.25, -0.2) is 19.3 Å². The Kier molecular flexibility index (Phi) is 5.80. The van der Waals surface area contributed by atoms with E-state index in [4.69, 9.17) is 24.2 Å². The molecule has 10 heteroatoms. The molecular formula is C28H28N4O6. The molecule has 4 aromatic rings. The molecule has 6 rings (SSSR count). The molecule has 0 radical (unpaired) electrons. The molecular weight excluding hydrogens is 488 g/mol. The number of aliphatic hydroxyl groups is 1. The van der Waals surface area contributed by atoms with Gasteiger partial charge in [-0.1, -0.05) is 59.7 Å². The molecule has 2 aromatic carbocycles. The smallest absolute Gasteiger partial charge is 0.332 e. The first kappa shape index (κ1) is 24.6. The molecule has 0 aliphatic carbocycles. The summed E-state index contributed by atoms with van der Waals surface area (Å²) in [6, 6.07) is 15.6. The van der Waals surface area contributed by atoms with Gasteiger partial charge in [-0.2, -0.15) is 0 Å². The van der Waals surface area contributed by atoms with E-state index >= 15 is 0 Å². The number of ether oxygens (including phenoxy) is 3. The number of fused-ring (bicyclic) bond motifs is 2. The van der Waals surface area contributed by atoms with Gasteiger partial charge in [-0.3, -0.25) is 9.78 Å². The minimum Gasteiger partial charge on any atom is -0.394 e. The number of H-pyrrole nitrogens is 1. The highest BCUT2D eigenvalue weighted by atomic mass is 16.8. The van der Waals surface area contributed by atoms with Gasteiger partial charge in [0.2, 0.25) is 0 Å². The number of aromatic amines is 1. The second-order valence-corrected chi connectivity index (χ2v) is 10.3. The van der Waals surface area contributed by atoms with Crippen LogP contribution in [0.3, 0.4) is 0 Å². The summed E-state index contributed by atoms with van der Waals surface area (Å²) < 4.78 is 19.3. The molecule has 4 heterocycles. The molecule has 0 spiro atoms. The zero-order valence-corrected chi connectivity index (χ0v) is 21.5. The Hall–Kier alpha value is -3.70. The van der Waals surface area contributed by atoms with Gasteiger partial charge in [0.1, 0.15) is 18.3 Å². The molecule has 0 unspecified atom stereocenters. The van der Waals surface area contributed by atoms with Gasteiger partial charge >= 0.3 is 5.69 Å². The maximum atomic E-state index is 13.3. The Morgan fingerprint density at radius 3 is 2.03 bits per heavy atom. The Morgan fingerprint density at radius 1 is 0.895 bits per heavy atom. The number of aromatic nitrogens is 4. The molecule has 0 amide bonds. The summed E-state index contributed by atoms with van der Waals surface area (Å²) in [6.07, 6.45) is -3.05. The molecule has 2 aliphatic rings. The number of benzene rings is 2. The van der Waals surface area contributed by atoms with E-state index in [2.05, 4.69) is 4.98 Å². The van der Waals surface area contributed by atoms with Crippen LogP contribution in [0.4, 0.5) is 0 Å². The third-order valence-electron chi connectivity index (χ3n) is 6.97. The Balaban J connectivity index is 1.62. The van der Waals surface area contributed by atoms with E-state index in [1.807, 2.05) is 62.4 Å². The number of aryl methyl sites for hydroxylation is 2. The quantitative estimate of drug-likeness (QED) is 0.424. The standard InChI is InChI=1S/C28H28N4O6/c1-14-5-9-16(10-6-14)19-20(17-11-7-15(2)8-12-17)30-24-21(29-19)25(34)31-27(35)32(24)26-23-22(18(13-33)36-26)37-28(3,4)38-23/h5-12,18,22-23,26,33H,13H2,1-4H3,(H,31,34,35)/t18-,22-,23-,26-/m1/s1. The highest BCUT2D eigenvalue weighted by molar-refractivity contribution is 5.84. The lowest BCUT2D eigenvalue weighted by molar-refractivity contribution is -0.200. The third kappa shape index (κ3) is 4.06. The van der Waals surface area contributed by atoms with Crippen LogP contribution in [-0.2, 0) is 14.2 Å². The van der Waals surface area contributed by atoms with Gasteiger partial charge < -0.3 is 19.3 Å². The van der Waals surface area contributed by atoms with Crippen LogP contribution in [-0.4, -0.2) is 55.3 Å². The van der Waals surface area contributed by atoms with Crippen molar-refractivity contribution in [3.8, 4) is 22.5 Å². The highest BCUT2D eigenvalue weighted by Gasteiger charge is 2.56. The summed E-state index contributed by atoms with van der Waals surface area (Å²) in [4.78, 5) is 38.3. The number of rotatable bonds is 4. The van der Waals surface area contributed by atoms with E-state index in [0.717, 1.165) is 22.3 Å². The van der Waals surface area contributed by atoms with Gasteiger partial charge in [0.15, 0.2) is 23.2 Å². The molecule has 0 bridgehead atoms. The zero-order valence-electron chi connectivity index (χ0n) is 21.5. The van der Waals surface area contributed by atoms with Gasteiger partial charge in [-0.05, 0) is 27.7 Å². The summed E-state index contributed by atoms with van der Waals surface area (Å²) in [5.41, 5.74) is 3.41. The molecule has 2 N–H and O–H groups in total. The van der Waals surface area contributed by atoms with Crippen LogP contribution in [0, 0.1) is 13.8 Å². The maximum absolute atomic E-state index is 13.3. The summed E-state index contributed by atoms with van der Waals surface area (Å²) in [5, 5.41) is 9.94. The van der Waals surface area contributed by atoms with Crippen LogP contribution in [0.25, 0.3) is 33.7 Å². The van der Waals surface area contributed by atoms with Crippen molar-refractivity contribution in [1.29, 1.82) is 0 Å². The van der Waals surface area contributed by atoms with Crippen molar-refractivity contribution >= 4 is 11.2 Å². The van der Waals surface area contributed by atoms with E-state index in [1.165, 1.54) is 4.57 Å². The summed E-state index contributed by atoms with van der Waals surface area (Å²) in [6.45, 7) is 7.17. The first-order valence-electron chi connectivity index (χ1n) is 12.5. The average molecular weight is 517 g/mol. The fourth-order valence-electron chi connectivity index (χ4n) is 5.13. The average Bonchev–Trinajstić information content (AvgIpc) is 3.37. The lowest BCUT2D eigenvalue weighted by atomic mass is 10.0. The van der Waals surface area contributed by atoms with Crippen LogP contribution in [0.15, 0.2) is 58.1 Å². The first-order chi connectivity index (χ1) is 18.1. The Morgan fingerprint density at radius 2 is 1.45 bits per heavy atom. The molecule has 2 aromatic heterocycles. The van der Waals surface area contributed by atoms with Crippen LogP contribution >= 0.6 is 0 Å². The molecule has 0 saturated carbocycles. The number of hydrogen-bond acceptors (Lipinski definition) is 8. The molecule has 38 heavy (non-hydrogen) atoms. The van der Waals surface area contributed by atoms with Gasteiger partial charge in [0.05, 0.1) is 18.0 Å². The molecule has 2 aliphatic heterocycles. The molecule has 2 saturated heterocycles. The van der Waals surface area contributed by atoms with Gasteiger partial charge in [0, 0.05) is 11.1 Å². The number of nitrogens with zero attached hydrogens (tertiary/aromatic N) is 3. The van der Waals surface area contributed by atoms with Crippen molar-refractivity contribution in [3.63, 3.8) is 0 Å². The topological polar surface area (TPSA) is 129 Å². The predicted molar refractivity (Wildman–Crippen MR) is 140 cm³/mol. The highest BCUT2D eigenvalue weighted by Crippen LogP contribution is 2.43. The van der Waals surface area contributed by atoms with Crippen LogP contribution in [0.5, 0.6) is 0 Å². The fourth-order valence-corrected chi connectivity index (χ4v) is 5.13. The van der Waals surface area contributed by atoms with Gasteiger partial charge in [0.25, 0.3) is 5.56 Å². The fraction of sp³-hybridized carbons (Fsp3) is 0.357. The van der Waals surface area contributed by atoms with Crippen LogP contribution in [0.1, 0.15) is 31.2 Å². The Bertz CT molecular complexity index is 1640. The maximum Gasteiger partial charge on any atom is 0.332 e. The van der Waals surface area contributed by atoms with Crippen molar-refractivity contribution in [2.45, 2.75) is 58.0 Å². The largest absolute Gasteiger partial charge is 0.394 e. The van der Waals surface area contributed by atoms with Crippen LogP contribution < -0.4 is 11.2 Å². The van der Waals surface area contributed by atoms with Crippen molar-refractivity contribution in [1.82, 2.24) is 19.5 Å². The number of hydrogen-bond donors (Lipinski definition) is 2. The monoisotopic (exact) mass is 516 g/mol. The van der Waals surface area contributed by atoms with Gasteiger partial charge in [-0.15, -0.1) is 0 Å². The van der Waals surface area contributed by atoms with E-state index in [1.54, 1.807) is 13.8 Å². The molecule has 2 fully saturated rings. The van der Waals surface area contributed by atoms with E-state index in [-0.39, 0.29) is 17.8 Å². The van der Waals surface area contributed by atoms with Crippen LogP contribution in [0.2, 0.25) is 0 Å². The van der Waals surface area contributed by atoms with Crippen molar-refractivity contribution in [3.05, 3.63) is 80.5 Å². The molecule has 196 valence electrons. The lowest BCUT2D eigenvalue weighted by Gasteiger charge is -2.25. The zero-order chi connectivity index (χ0) is 26.8. The molecule has 10 nitrogen and oxygen atoms in total. The SMILES string of the molecule is Cc1ccc(-c2nc3c(=O)[nH]c(=O)n([C@@H]4O[C@H](CO)[C@H]5OC(C)(C)O[C@H]54)c3nc2-c2ccc(C)cc2)cc1. The van der Waals surface area contributed by atoms with Crippen molar-refractivity contribution in [2.24, 2.45) is 0 Å². The lowest BCUT2D eigenvalue weighted by Crippen LogP contribution is -2.39. The number of nitrogens with one attached hydrogen (secondary N) is 1.